The van der Waals surface area contributed by atoms with Crippen molar-refractivity contribution < 1.29 is 4.79 Å². The largest absolute Gasteiger partial charge is 0.352 e. The zero-order chi connectivity index (χ0) is 17.3. The Labute approximate surface area is 146 Å². The van der Waals surface area contributed by atoms with Gasteiger partial charge in [0.2, 0.25) is 5.91 Å². The third-order valence-corrected chi connectivity index (χ3v) is 5.98. The summed E-state index contributed by atoms with van der Waals surface area (Å²) in [5, 5.41) is 12.2. The van der Waals surface area contributed by atoms with E-state index < -0.39 is 0 Å². The van der Waals surface area contributed by atoms with Crippen LogP contribution in [0.1, 0.15) is 44.5 Å². The molecule has 3 atom stereocenters. The van der Waals surface area contributed by atoms with Gasteiger partial charge < -0.3 is 5.32 Å². The highest BCUT2D eigenvalue weighted by molar-refractivity contribution is 7.99. The van der Waals surface area contributed by atoms with Crippen LogP contribution in [0, 0.1) is 25.7 Å². The minimum Gasteiger partial charge on any atom is -0.352 e. The van der Waals surface area contributed by atoms with Gasteiger partial charge in [0.25, 0.3) is 5.78 Å². The van der Waals surface area contributed by atoms with Gasteiger partial charge in [0.1, 0.15) is 0 Å². The number of thioether (sulfide) groups is 1. The second-order valence-electron chi connectivity index (χ2n) is 6.89. The molecule has 24 heavy (non-hydrogen) atoms. The van der Waals surface area contributed by atoms with Gasteiger partial charge in [-0.3, -0.25) is 9.20 Å². The average molecular weight is 347 g/mol. The molecule has 1 aliphatic carbocycles. The van der Waals surface area contributed by atoms with Gasteiger partial charge >= 0.3 is 0 Å². The van der Waals surface area contributed by atoms with Gasteiger partial charge in [-0.05, 0) is 38.2 Å². The quantitative estimate of drug-likeness (QED) is 0.861. The van der Waals surface area contributed by atoms with Crippen LogP contribution in [0.3, 0.4) is 0 Å². The van der Waals surface area contributed by atoms with E-state index in [1.165, 1.54) is 24.6 Å². The zero-order valence-electron chi connectivity index (χ0n) is 14.7. The Kier molecular flexibility index (Phi) is 5.08. The molecule has 0 aliphatic heterocycles. The monoisotopic (exact) mass is 347 g/mol. The summed E-state index contributed by atoms with van der Waals surface area (Å²) in [6.07, 6.45) is 3.54. The molecule has 1 saturated carbocycles. The van der Waals surface area contributed by atoms with Crippen LogP contribution < -0.4 is 5.32 Å². The molecule has 1 fully saturated rings. The van der Waals surface area contributed by atoms with Crippen LogP contribution in [0.15, 0.2) is 11.2 Å². The molecule has 6 nitrogen and oxygen atoms in total. The molecular weight excluding hydrogens is 322 g/mol. The molecule has 3 rings (SSSR count). The van der Waals surface area contributed by atoms with E-state index in [0.29, 0.717) is 29.4 Å². The van der Waals surface area contributed by atoms with Crippen molar-refractivity contribution in [2.75, 3.05) is 5.75 Å². The summed E-state index contributed by atoms with van der Waals surface area (Å²) < 4.78 is 1.90. The summed E-state index contributed by atoms with van der Waals surface area (Å²) >= 11 is 1.41. The lowest BCUT2D eigenvalue weighted by molar-refractivity contribution is -0.120. The molecule has 2 aromatic rings. The van der Waals surface area contributed by atoms with Crippen LogP contribution in [-0.4, -0.2) is 37.3 Å². The number of amides is 1. The fourth-order valence-corrected chi connectivity index (χ4v) is 4.25. The number of carbonyl (C=O) groups is 1. The fourth-order valence-electron chi connectivity index (χ4n) is 3.46. The number of rotatable bonds is 4. The first-order valence-electron chi connectivity index (χ1n) is 8.57. The van der Waals surface area contributed by atoms with Gasteiger partial charge in [-0.15, -0.1) is 10.2 Å². The van der Waals surface area contributed by atoms with Gasteiger partial charge in [0.15, 0.2) is 5.16 Å². The predicted molar refractivity (Wildman–Crippen MR) is 95.1 cm³/mol. The number of nitrogens with one attached hydrogen (secondary N) is 1. The normalized spacial score (nSPS) is 24.2. The van der Waals surface area contributed by atoms with Crippen molar-refractivity contribution in [3.63, 3.8) is 0 Å². The van der Waals surface area contributed by atoms with Crippen LogP contribution in [0.5, 0.6) is 0 Å². The Balaban J connectivity index is 1.62. The zero-order valence-corrected chi connectivity index (χ0v) is 15.6. The number of nitrogens with zero attached hydrogens (tertiary/aromatic N) is 4. The van der Waals surface area contributed by atoms with Gasteiger partial charge in [-0.25, -0.2) is 4.98 Å². The van der Waals surface area contributed by atoms with E-state index in [2.05, 4.69) is 34.3 Å². The van der Waals surface area contributed by atoms with Crippen molar-refractivity contribution >= 4 is 23.4 Å². The lowest BCUT2D eigenvalue weighted by Gasteiger charge is -2.34. The van der Waals surface area contributed by atoms with Crippen molar-refractivity contribution in [1.82, 2.24) is 24.9 Å². The number of carbonyl (C=O) groups excluding carboxylic acids is 1. The molecule has 2 heterocycles. The minimum atomic E-state index is 0.0698. The summed E-state index contributed by atoms with van der Waals surface area (Å²) in [4.78, 5) is 16.7. The maximum Gasteiger partial charge on any atom is 0.256 e. The SMILES string of the molecule is Cc1cc(C)n2c(SCC(=O)N[C@@H]3CCC[C@@H](C)[C@@H]3C)nnc2n1. The van der Waals surface area contributed by atoms with Crippen molar-refractivity contribution in [1.29, 1.82) is 0 Å². The number of hydrogen-bond donors (Lipinski definition) is 1. The van der Waals surface area contributed by atoms with E-state index >= 15 is 0 Å². The molecule has 1 N–H and O–H groups in total. The van der Waals surface area contributed by atoms with Crippen LogP contribution in [0.4, 0.5) is 0 Å². The number of aryl methyl sites for hydroxylation is 2. The molecular formula is C17H25N5OS. The Bertz CT molecular complexity index is 744. The summed E-state index contributed by atoms with van der Waals surface area (Å²) in [5.41, 5.74) is 1.95. The van der Waals surface area contributed by atoms with E-state index in [1.54, 1.807) is 0 Å². The molecule has 0 radical (unpaired) electrons. The number of hydrogen-bond acceptors (Lipinski definition) is 5. The van der Waals surface area contributed by atoms with Crippen molar-refractivity contribution in [3.8, 4) is 0 Å². The van der Waals surface area contributed by atoms with E-state index in [9.17, 15) is 4.79 Å². The van der Waals surface area contributed by atoms with E-state index in [1.807, 2.05) is 24.3 Å². The van der Waals surface area contributed by atoms with E-state index in [-0.39, 0.29) is 5.91 Å². The van der Waals surface area contributed by atoms with Crippen LogP contribution in [-0.2, 0) is 4.79 Å². The summed E-state index contributed by atoms with van der Waals surface area (Å²) in [5.74, 6) is 2.22. The van der Waals surface area contributed by atoms with Crippen molar-refractivity contribution in [3.05, 3.63) is 17.5 Å². The average Bonchev–Trinajstić information content (AvgIpc) is 2.93. The maximum atomic E-state index is 12.3. The van der Waals surface area contributed by atoms with E-state index in [4.69, 9.17) is 0 Å². The molecule has 0 spiro atoms. The highest BCUT2D eigenvalue weighted by Gasteiger charge is 2.28. The topological polar surface area (TPSA) is 72.2 Å². The summed E-state index contributed by atoms with van der Waals surface area (Å²) in [7, 11) is 0. The number of fused-ring (bicyclic) bond motifs is 1. The Morgan fingerprint density at radius 2 is 2.12 bits per heavy atom. The van der Waals surface area contributed by atoms with Gasteiger partial charge in [-0.1, -0.05) is 38.5 Å². The first-order chi connectivity index (χ1) is 11.5. The van der Waals surface area contributed by atoms with E-state index in [0.717, 1.165) is 23.0 Å². The van der Waals surface area contributed by atoms with Crippen LogP contribution in [0.25, 0.3) is 5.78 Å². The van der Waals surface area contributed by atoms with Crippen LogP contribution >= 0.6 is 11.8 Å². The second kappa shape index (κ2) is 7.09. The van der Waals surface area contributed by atoms with Crippen molar-refractivity contribution in [2.24, 2.45) is 11.8 Å². The third kappa shape index (κ3) is 3.55. The molecule has 0 unspecified atom stereocenters. The molecule has 0 aromatic carbocycles. The molecule has 1 aliphatic rings. The highest BCUT2D eigenvalue weighted by Crippen LogP contribution is 2.29. The Morgan fingerprint density at radius 3 is 2.92 bits per heavy atom. The van der Waals surface area contributed by atoms with Gasteiger partial charge in [0, 0.05) is 17.4 Å². The lowest BCUT2D eigenvalue weighted by Crippen LogP contribution is -2.44. The molecule has 130 valence electrons. The first-order valence-corrected chi connectivity index (χ1v) is 9.56. The van der Waals surface area contributed by atoms with Crippen LogP contribution in [0.2, 0.25) is 0 Å². The van der Waals surface area contributed by atoms with Gasteiger partial charge in [0.05, 0.1) is 5.75 Å². The smallest absolute Gasteiger partial charge is 0.256 e. The Hall–Kier alpha value is -1.63. The third-order valence-electron chi connectivity index (χ3n) is 5.05. The van der Waals surface area contributed by atoms with Crippen molar-refractivity contribution in [2.45, 2.75) is 58.2 Å². The summed E-state index contributed by atoms with van der Waals surface area (Å²) in [6.45, 7) is 8.46. The molecule has 0 saturated heterocycles. The lowest BCUT2D eigenvalue weighted by atomic mass is 9.78. The molecule has 2 aromatic heterocycles. The standard InChI is InChI=1S/C17H25N5OS/c1-10-6-5-7-14(13(10)4)19-15(23)9-24-17-21-20-16-18-11(2)8-12(3)22(16)17/h8,10,13-14H,5-7,9H2,1-4H3,(H,19,23)/t10-,13+,14-/m1/s1. The summed E-state index contributed by atoms with van der Waals surface area (Å²) in [6, 6.07) is 2.29. The number of aromatic nitrogens is 4. The second-order valence-corrected chi connectivity index (χ2v) is 7.83. The molecule has 7 heteroatoms. The minimum absolute atomic E-state index is 0.0698. The van der Waals surface area contributed by atoms with Gasteiger partial charge in [-0.2, -0.15) is 0 Å². The predicted octanol–water partition coefficient (Wildman–Crippen LogP) is 2.77. The highest BCUT2D eigenvalue weighted by atomic mass is 32.2. The fraction of sp³-hybridized carbons (Fsp3) is 0.647. The molecule has 1 amide bonds. The molecule has 0 bridgehead atoms. The Morgan fingerprint density at radius 1 is 1.33 bits per heavy atom. The maximum absolute atomic E-state index is 12.3. The first kappa shape index (κ1) is 17.2.